The molecule has 0 spiro atoms. The number of ether oxygens (including phenoxy) is 2. The highest BCUT2D eigenvalue weighted by Gasteiger charge is 2.37. The fourth-order valence-corrected chi connectivity index (χ4v) is 5.70. The molecule has 11 heteroatoms. The van der Waals surface area contributed by atoms with Gasteiger partial charge in [0.15, 0.2) is 0 Å². The number of carbonyl (C=O) groups is 1. The molecule has 1 amide bonds. The van der Waals surface area contributed by atoms with Crippen LogP contribution in [0.5, 0.6) is 11.5 Å². The summed E-state index contributed by atoms with van der Waals surface area (Å²) in [7, 11) is -6.45. The molecule has 0 aliphatic carbocycles. The summed E-state index contributed by atoms with van der Waals surface area (Å²) in [5.41, 5.74) is 0.577. The number of nitrogens with one attached hydrogen (secondary N) is 1. The summed E-state index contributed by atoms with van der Waals surface area (Å²) < 4.78 is 64.3. The van der Waals surface area contributed by atoms with Gasteiger partial charge in [-0.2, -0.15) is 0 Å². The Hall–Kier alpha value is -2.63. The van der Waals surface area contributed by atoms with Gasteiger partial charge in [0.05, 0.1) is 25.2 Å². The maximum atomic E-state index is 13.0. The molecule has 1 heterocycles. The second-order valence-corrected chi connectivity index (χ2v) is 10.1. The lowest BCUT2D eigenvalue weighted by Gasteiger charge is -2.18. The molecule has 0 bridgehead atoms. The van der Waals surface area contributed by atoms with Gasteiger partial charge in [0.2, 0.25) is 26.0 Å². The number of methoxy groups -OCH3 is 1. The number of rotatable bonds is 8. The van der Waals surface area contributed by atoms with Crippen molar-refractivity contribution in [1.82, 2.24) is 4.72 Å². The van der Waals surface area contributed by atoms with Crippen LogP contribution < -0.4 is 18.5 Å². The van der Waals surface area contributed by atoms with Gasteiger partial charge in [-0.05, 0) is 31.2 Å². The van der Waals surface area contributed by atoms with Crippen LogP contribution in [0.4, 0.5) is 5.69 Å². The number of benzene rings is 2. The van der Waals surface area contributed by atoms with Crippen LogP contribution >= 0.6 is 0 Å². The Morgan fingerprint density at radius 1 is 1.13 bits per heavy atom. The summed E-state index contributed by atoms with van der Waals surface area (Å²) in [6.07, 6.45) is -0.149. The third kappa shape index (κ3) is 4.42. The molecule has 0 saturated carbocycles. The largest absolute Gasteiger partial charge is 0.496 e. The normalized spacial score (nSPS) is 15.9. The predicted molar refractivity (Wildman–Crippen MR) is 111 cm³/mol. The first-order valence-corrected chi connectivity index (χ1v) is 12.2. The van der Waals surface area contributed by atoms with E-state index >= 15 is 0 Å². The fraction of sp³-hybridized carbons (Fsp3) is 0.316. The second kappa shape index (κ2) is 8.62. The third-order valence-corrected chi connectivity index (χ3v) is 7.59. The summed E-state index contributed by atoms with van der Waals surface area (Å²) in [5, 5.41) is 0. The molecule has 0 radical (unpaired) electrons. The smallest absolute Gasteiger partial charge is 0.244 e. The van der Waals surface area contributed by atoms with Crippen molar-refractivity contribution in [1.29, 1.82) is 0 Å². The van der Waals surface area contributed by atoms with E-state index in [4.69, 9.17) is 9.47 Å². The van der Waals surface area contributed by atoms with Crippen LogP contribution in [0.15, 0.2) is 47.4 Å². The van der Waals surface area contributed by atoms with E-state index in [-0.39, 0.29) is 41.7 Å². The summed E-state index contributed by atoms with van der Waals surface area (Å²) in [6.45, 7) is 1.85. The van der Waals surface area contributed by atoms with Gasteiger partial charge in [-0.25, -0.2) is 25.9 Å². The lowest BCUT2D eigenvalue weighted by atomic mass is 10.2. The molecule has 1 fully saturated rings. The van der Waals surface area contributed by atoms with Crippen LogP contribution in [0.2, 0.25) is 0 Å². The van der Waals surface area contributed by atoms with Crippen LogP contribution in [-0.4, -0.2) is 42.2 Å². The maximum Gasteiger partial charge on any atom is 0.244 e. The molecule has 1 saturated heterocycles. The first kappa shape index (κ1) is 22.1. The molecule has 3 rings (SSSR count). The zero-order valence-corrected chi connectivity index (χ0v) is 18.1. The average molecular weight is 455 g/mol. The van der Waals surface area contributed by atoms with E-state index in [1.807, 2.05) is 0 Å². The number of para-hydroxylation sites is 1. The van der Waals surface area contributed by atoms with Crippen LogP contribution in [0.1, 0.15) is 18.9 Å². The van der Waals surface area contributed by atoms with Crippen LogP contribution in [0.25, 0.3) is 0 Å². The van der Waals surface area contributed by atoms with Gasteiger partial charge < -0.3 is 9.47 Å². The molecule has 1 aliphatic rings. The monoisotopic (exact) mass is 454 g/mol. The van der Waals surface area contributed by atoms with Crippen molar-refractivity contribution in [3.05, 3.63) is 48.0 Å². The van der Waals surface area contributed by atoms with E-state index in [1.54, 1.807) is 31.2 Å². The molecule has 162 valence electrons. The topological polar surface area (TPSA) is 119 Å². The Kier molecular flexibility index (Phi) is 6.34. The van der Waals surface area contributed by atoms with Gasteiger partial charge >= 0.3 is 0 Å². The number of hydrogen-bond acceptors (Lipinski definition) is 7. The Balaban J connectivity index is 1.98. The highest BCUT2D eigenvalue weighted by Crippen LogP contribution is 2.33. The molecule has 0 unspecified atom stereocenters. The minimum Gasteiger partial charge on any atom is -0.496 e. The Bertz CT molecular complexity index is 1160. The first-order valence-electron chi connectivity index (χ1n) is 9.14. The molecule has 1 aliphatic heterocycles. The highest BCUT2D eigenvalue weighted by molar-refractivity contribution is 7.94. The number of amides is 1. The minimum absolute atomic E-state index is 0.0429. The first-order chi connectivity index (χ1) is 14.2. The number of anilines is 1. The van der Waals surface area contributed by atoms with Crippen molar-refractivity contribution < 1.29 is 31.1 Å². The van der Waals surface area contributed by atoms with Gasteiger partial charge in [-0.1, -0.05) is 18.2 Å². The number of carbonyl (C=O) groups excluding carboxylic acids is 1. The van der Waals surface area contributed by atoms with Gasteiger partial charge in [0.1, 0.15) is 16.4 Å². The Morgan fingerprint density at radius 3 is 2.50 bits per heavy atom. The molecule has 1 N–H and O–H groups in total. The number of nitrogens with zero attached hydrogens (tertiary/aromatic N) is 1. The Morgan fingerprint density at radius 2 is 1.87 bits per heavy atom. The minimum atomic E-state index is -4.11. The summed E-state index contributed by atoms with van der Waals surface area (Å²) in [4.78, 5) is 11.8. The van der Waals surface area contributed by atoms with E-state index in [1.165, 1.54) is 19.2 Å². The van der Waals surface area contributed by atoms with Crippen molar-refractivity contribution in [3.8, 4) is 11.5 Å². The summed E-state index contributed by atoms with van der Waals surface area (Å²) in [6, 6.07) is 10.8. The average Bonchev–Trinajstić information content (AvgIpc) is 2.99. The standard InChI is InChI=1S/C19H22N2O7S2/c1-3-28-17-9-8-15(21-19(22)10-11-29(21,23)24)12-18(17)30(25,26)20-13-14-6-4-5-7-16(14)27-2/h4-9,12,20H,3,10-11,13H2,1-2H3. The molecule has 2 aromatic rings. The van der Waals surface area contributed by atoms with Crippen molar-refractivity contribution >= 4 is 31.6 Å². The van der Waals surface area contributed by atoms with Crippen LogP contribution in [0.3, 0.4) is 0 Å². The molecular weight excluding hydrogens is 432 g/mol. The van der Waals surface area contributed by atoms with Gasteiger partial charge in [0, 0.05) is 18.5 Å². The zero-order chi connectivity index (χ0) is 21.9. The zero-order valence-electron chi connectivity index (χ0n) is 16.5. The van der Waals surface area contributed by atoms with Crippen LogP contribution in [0, 0.1) is 0 Å². The van der Waals surface area contributed by atoms with E-state index in [0.29, 0.717) is 15.6 Å². The fourth-order valence-electron chi connectivity index (χ4n) is 3.08. The predicted octanol–water partition coefficient (Wildman–Crippen LogP) is 1.64. The van der Waals surface area contributed by atoms with Crippen LogP contribution in [-0.2, 0) is 31.4 Å². The second-order valence-electron chi connectivity index (χ2n) is 6.42. The number of sulfonamides is 2. The quantitative estimate of drug-likeness (QED) is 0.644. The highest BCUT2D eigenvalue weighted by atomic mass is 32.2. The molecule has 9 nitrogen and oxygen atoms in total. The van der Waals surface area contributed by atoms with Crippen molar-refractivity contribution in [3.63, 3.8) is 0 Å². The summed E-state index contributed by atoms with van der Waals surface area (Å²) in [5.74, 6) is -0.345. The maximum absolute atomic E-state index is 13.0. The lowest BCUT2D eigenvalue weighted by molar-refractivity contribution is -0.116. The summed E-state index contributed by atoms with van der Waals surface area (Å²) >= 11 is 0. The van der Waals surface area contributed by atoms with E-state index in [2.05, 4.69) is 4.72 Å². The van der Waals surface area contributed by atoms with Crippen molar-refractivity contribution in [2.75, 3.05) is 23.8 Å². The molecule has 2 aromatic carbocycles. The van der Waals surface area contributed by atoms with Gasteiger partial charge in [-0.3, -0.25) is 4.79 Å². The number of hydrogen-bond donors (Lipinski definition) is 1. The molecule has 30 heavy (non-hydrogen) atoms. The lowest BCUT2D eigenvalue weighted by Crippen LogP contribution is -2.30. The SMILES string of the molecule is CCOc1ccc(N2C(=O)CCS2(=O)=O)cc1S(=O)(=O)NCc1ccccc1OC. The van der Waals surface area contributed by atoms with E-state index in [9.17, 15) is 21.6 Å². The van der Waals surface area contributed by atoms with Crippen molar-refractivity contribution in [2.24, 2.45) is 0 Å². The van der Waals surface area contributed by atoms with Gasteiger partial charge in [-0.15, -0.1) is 0 Å². The molecular formula is C19H22N2O7S2. The van der Waals surface area contributed by atoms with E-state index < -0.39 is 26.0 Å². The molecule has 0 aromatic heterocycles. The van der Waals surface area contributed by atoms with Crippen molar-refractivity contribution in [2.45, 2.75) is 24.8 Å². The third-order valence-electron chi connectivity index (χ3n) is 4.47. The van der Waals surface area contributed by atoms with Gasteiger partial charge in [0.25, 0.3) is 0 Å². The Labute approximate surface area is 175 Å². The molecule has 0 atom stereocenters. The van der Waals surface area contributed by atoms with E-state index in [0.717, 1.165) is 6.07 Å².